The molecule has 0 bridgehead atoms. The maximum absolute atomic E-state index is 14.1. The van der Waals surface area contributed by atoms with Crippen LogP contribution >= 0.6 is 0 Å². The molecule has 1 amide bonds. The first-order valence-corrected chi connectivity index (χ1v) is 8.83. The molecule has 1 heterocycles. The van der Waals surface area contributed by atoms with Gasteiger partial charge in [-0.05, 0) is 44.2 Å². The Morgan fingerprint density at radius 3 is 2.33 bits per heavy atom. The molecular weight excluding hydrogens is 355 g/mol. The van der Waals surface area contributed by atoms with Crippen LogP contribution in [0.5, 0.6) is 0 Å². The highest BCUT2D eigenvalue weighted by Gasteiger charge is 2.31. The van der Waals surface area contributed by atoms with Gasteiger partial charge in [0.25, 0.3) is 5.91 Å². The summed E-state index contributed by atoms with van der Waals surface area (Å²) in [6.07, 6.45) is 0. The fraction of sp³-hybridized carbons (Fsp3) is 0.350. The van der Waals surface area contributed by atoms with E-state index in [9.17, 15) is 18.0 Å². The zero-order valence-electron chi connectivity index (χ0n) is 15.3. The molecule has 1 unspecified atom stereocenters. The molecule has 0 spiro atoms. The van der Waals surface area contributed by atoms with E-state index in [1.54, 1.807) is 36.1 Å². The zero-order valence-corrected chi connectivity index (χ0v) is 15.3. The van der Waals surface area contributed by atoms with Crippen LogP contribution in [0.3, 0.4) is 0 Å². The van der Waals surface area contributed by atoms with Gasteiger partial charge in [0.05, 0.1) is 0 Å². The van der Waals surface area contributed by atoms with E-state index < -0.39 is 23.5 Å². The monoisotopic (exact) mass is 377 g/mol. The first kappa shape index (κ1) is 19.2. The number of piperazine rings is 1. The molecule has 4 nitrogen and oxygen atoms in total. The average molecular weight is 377 g/mol. The SMILES string of the molecule is CC(c1cc(F)c(F)cc1F)N1CCN(C(=O)c2ccc(N)cc2)[C@H](C)C1. The minimum absolute atomic E-state index is 0.0891. The highest BCUT2D eigenvalue weighted by atomic mass is 19.2. The Labute approximate surface area is 156 Å². The van der Waals surface area contributed by atoms with Crippen molar-refractivity contribution in [3.63, 3.8) is 0 Å². The van der Waals surface area contributed by atoms with Crippen LogP contribution in [0, 0.1) is 17.5 Å². The van der Waals surface area contributed by atoms with Gasteiger partial charge in [-0.1, -0.05) is 0 Å². The molecule has 2 aromatic rings. The van der Waals surface area contributed by atoms with Crippen LogP contribution in [0.1, 0.15) is 35.8 Å². The van der Waals surface area contributed by atoms with Gasteiger partial charge in [-0.25, -0.2) is 13.2 Å². The summed E-state index contributed by atoms with van der Waals surface area (Å²) in [5.74, 6) is -3.12. The van der Waals surface area contributed by atoms with Crippen molar-refractivity contribution in [2.24, 2.45) is 0 Å². The average Bonchev–Trinajstić information content (AvgIpc) is 2.64. The number of carbonyl (C=O) groups is 1. The van der Waals surface area contributed by atoms with Gasteiger partial charge >= 0.3 is 0 Å². The minimum Gasteiger partial charge on any atom is -0.399 e. The molecule has 0 aliphatic carbocycles. The number of anilines is 1. The smallest absolute Gasteiger partial charge is 0.254 e. The largest absolute Gasteiger partial charge is 0.399 e. The van der Waals surface area contributed by atoms with Crippen LogP contribution in [0.2, 0.25) is 0 Å². The fourth-order valence-electron chi connectivity index (χ4n) is 3.49. The number of nitrogens with two attached hydrogens (primary N) is 1. The summed E-state index contributed by atoms with van der Waals surface area (Å²) in [7, 11) is 0. The van der Waals surface area contributed by atoms with Crippen LogP contribution < -0.4 is 5.73 Å². The Balaban J connectivity index is 1.72. The summed E-state index contributed by atoms with van der Waals surface area (Å²) in [6.45, 7) is 5.13. The van der Waals surface area contributed by atoms with E-state index in [1.165, 1.54) is 0 Å². The number of carbonyl (C=O) groups excluding carboxylic acids is 1. The van der Waals surface area contributed by atoms with E-state index in [4.69, 9.17) is 5.73 Å². The predicted octanol–water partition coefficient (Wildman–Crippen LogP) is 3.59. The molecule has 1 aliphatic rings. The molecule has 27 heavy (non-hydrogen) atoms. The summed E-state index contributed by atoms with van der Waals surface area (Å²) in [4.78, 5) is 16.4. The lowest BCUT2D eigenvalue weighted by atomic mass is 10.0. The highest BCUT2D eigenvalue weighted by molar-refractivity contribution is 5.94. The van der Waals surface area contributed by atoms with Crippen LogP contribution in [0.25, 0.3) is 0 Å². The molecule has 2 atom stereocenters. The summed E-state index contributed by atoms with van der Waals surface area (Å²) in [5.41, 5.74) is 6.92. The van der Waals surface area contributed by atoms with Crippen LogP contribution in [0.4, 0.5) is 18.9 Å². The van der Waals surface area contributed by atoms with Crippen molar-refractivity contribution in [2.45, 2.75) is 25.9 Å². The topological polar surface area (TPSA) is 49.6 Å². The Morgan fingerprint density at radius 2 is 1.70 bits per heavy atom. The molecule has 1 fully saturated rings. The van der Waals surface area contributed by atoms with Crippen molar-refractivity contribution in [1.29, 1.82) is 0 Å². The first-order valence-electron chi connectivity index (χ1n) is 8.83. The van der Waals surface area contributed by atoms with E-state index in [0.29, 0.717) is 37.0 Å². The van der Waals surface area contributed by atoms with Crippen molar-refractivity contribution in [3.05, 3.63) is 65.0 Å². The van der Waals surface area contributed by atoms with E-state index in [-0.39, 0.29) is 17.5 Å². The van der Waals surface area contributed by atoms with Crippen LogP contribution in [-0.2, 0) is 0 Å². The fourth-order valence-corrected chi connectivity index (χ4v) is 3.49. The summed E-state index contributed by atoms with van der Waals surface area (Å²) >= 11 is 0. The van der Waals surface area contributed by atoms with Gasteiger partial charge in [0, 0.05) is 54.6 Å². The number of nitrogens with zero attached hydrogens (tertiary/aromatic N) is 2. The second-order valence-corrected chi connectivity index (χ2v) is 6.93. The maximum Gasteiger partial charge on any atom is 0.254 e. The summed E-state index contributed by atoms with van der Waals surface area (Å²) < 4.78 is 40.8. The lowest BCUT2D eigenvalue weighted by molar-refractivity contribution is 0.0401. The quantitative estimate of drug-likeness (QED) is 0.657. The molecule has 1 aliphatic heterocycles. The van der Waals surface area contributed by atoms with Gasteiger partial charge < -0.3 is 10.6 Å². The van der Waals surface area contributed by atoms with Gasteiger partial charge in [-0.2, -0.15) is 0 Å². The van der Waals surface area contributed by atoms with Crippen molar-refractivity contribution in [1.82, 2.24) is 9.80 Å². The second-order valence-electron chi connectivity index (χ2n) is 6.93. The molecule has 0 saturated carbocycles. The zero-order chi connectivity index (χ0) is 19.7. The maximum atomic E-state index is 14.1. The molecule has 3 rings (SSSR count). The summed E-state index contributed by atoms with van der Waals surface area (Å²) in [5, 5.41) is 0. The van der Waals surface area contributed by atoms with Crippen molar-refractivity contribution < 1.29 is 18.0 Å². The number of benzene rings is 2. The number of amides is 1. The molecule has 2 aromatic carbocycles. The van der Waals surface area contributed by atoms with Crippen molar-refractivity contribution in [3.8, 4) is 0 Å². The second kappa shape index (κ2) is 7.60. The third-order valence-electron chi connectivity index (χ3n) is 5.11. The van der Waals surface area contributed by atoms with Gasteiger partial charge in [-0.15, -0.1) is 0 Å². The Hall–Kier alpha value is -2.54. The van der Waals surface area contributed by atoms with E-state index in [1.807, 2.05) is 11.8 Å². The normalized spacial score (nSPS) is 19.1. The first-order chi connectivity index (χ1) is 12.8. The predicted molar refractivity (Wildman–Crippen MR) is 97.7 cm³/mol. The van der Waals surface area contributed by atoms with Gasteiger partial charge in [-0.3, -0.25) is 9.69 Å². The van der Waals surface area contributed by atoms with E-state index >= 15 is 0 Å². The number of halogens is 3. The number of hydrogen-bond donors (Lipinski definition) is 1. The molecule has 2 N–H and O–H groups in total. The Kier molecular flexibility index (Phi) is 5.41. The molecule has 1 saturated heterocycles. The lowest BCUT2D eigenvalue weighted by Crippen LogP contribution is -2.54. The van der Waals surface area contributed by atoms with Gasteiger partial charge in [0.2, 0.25) is 0 Å². The molecule has 144 valence electrons. The summed E-state index contributed by atoms with van der Waals surface area (Å²) in [6, 6.07) is 7.68. The molecule has 0 aromatic heterocycles. The van der Waals surface area contributed by atoms with Crippen molar-refractivity contribution in [2.75, 3.05) is 25.4 Å². The Morgan fingerprint density at radius 1 is 1.07 bits per heavy atom. The van der Waals surface area contributed by atoms with Gasteiger partial charge in [0.15, 0.2) is 11.6 Å². The third kappa shape index (κ3) is 3.93. The molecule has 7 heteroatoms. The molecular formula is C20H22F3N3O. The van der Waals surface area contributed by atoms with E-state index in [0.717, 1.165) is 6.07 Å². The molecule has 0 radical (unpaired) electrons. The van der Waals surface area contributed by atoms with Crippen molar-refractivity contribution >= 4 is 11.6 Å². The van der Waals surface area contributed by atoms with Gasteiger partial charge in [0.1, 0.15) is 5.82 Å². The lowest BCUT2D eigenvalue weighted by Gasteiger charge is -2.42. The minimum atomic E-state index is -1.20. The van der Waals surface area contributed by atoms with E-state index in [2.05, 4.69) is 0 Å². The number of rotatable bonds is 3. The number of nitrogen functional groups attached to an aromatic ring is 1. The number of hydrogen-bond acceptors (Lipinski definition) is 3. The standard InChI is InChI=1S/C20H22F3N3O/c1-12-11-25(13(2)16-9-18(22)19(23)10-17(16)21)7-8-26(12)20(27)14-3-5-15(24)6-4-14/h3-6,9-10,12-13H,7-8,11,24H2,1-2H3/t12-,13?/m1/s1. The van der Waals surface area contributed by atoms with Crippen LogP contribution in [0.15, 0.2) is 36.4 Å². The Bertz CT molecular complexity index is 841. The highest BCUT2D eigenvalue weighted by Crippen LogP contribution is 2.27. The van der Waals surface area contributed by atoms with Crippen LogP contribution in [-0.4, -0.2) is 41.4 Å². The third-order valence-corrected chi connectivity index (χ3v) is 5.11.